The third-order valence-electron chi connectivity index (χ3n) is 2.50. The van der Waals surface area contributed by atoms with Crippen LogP contribution in [0.2, 0.25) is 0 Å². The van der Waals surface area contributed by atoms with E-state index in [0.29, 0.717) is 12.3 Å². The SMILES string of the molecule is CCNCc1cnc(Oc2cccc([N+](=O)[O-])c2)nc1. The smallest absolute Gasteiger partial charge is 0.321 e. The zero-order valence-corrected chi connectivity index (χ0v) is 10.9. The summed E-state index contributed by atoms with van der Waals surface area (Å²) >= 11 is 0. The molecule has 0 radical (unpaired) electrons. The molecule has 0 bridgehead atoms. The summed E-state index contributed by atoms with van der Waals surface area (Å²) in [6, 6.07) is 6.05. The molecule has 0 aliphatic heterocycles. The summed E-state index contributed by atoms with van der Waals surface area (Å²) in [7, 11) is 0. The first-order valence-corrected chi connectivity index (χ1v) is 6.13. The van der Waals surface area contributed by atoms with Crippen molar-refractivity contribution < 1.29 is 9.66 Å². The third kappa shape index (κ3) is 3.72. The lowest BCUT2D eigenvalue weighted by molar-refractivity contribution is -0.384. The first-order chi connectivity index (χ1) is 9.69. The van der Waals surface area contributed by atoms with Gasteiger partial charge in [-0.25, -0.2) is 9.97 Å². The maximum Gasteiger partial charge on any atom is 0.321 e. The maximum atomic E-state index is 10.7. The van der Waals surface area contributed by atoms with Crippen LogP contribution in [0.4, 0.5) is 5.69 Å². The number of nitrogens with one attached hydrogen (secondary N) is 1. The van der Waals surface area contributed by atoms with Gasteiger partial charge in [0, 0.05) is 30.6 Å². The van der Waals surface area contributed by atoms with Crippen molar-refractivity contribution in [1.82, 2.24) is 15.3 Å². The molecule has 7 nitrogen and oxygen atoms in total. The second kappa shape index (κ2) is 6.58. The van der Waals surface area contributed by atoms with Gasteiger partial charge in [0.05, 0.1) is 11.0 Å². The van der Waals surface area contributed by atoms with E-state index in [-0.39, 0.29) is 11.7 Å². The van der Waals surface area contributed by atoms with Crippen LogP contribution < -0.4 is 10.1 Å². The fraction of sp³-hybridized carbons (Fsp3) is 0.231. The zero-order valence-electron chi connectivity index (χ0n) is 10.9. The van der Waals surface area contributed by atoms with Gasteiger partial charge in [-0.2, -0.15) is 0 Å². The molecule has 0 saturated heterocycles. The van der Waals surface area contributed by atoms with Crippen LogP contribution in [0.5, 0.6) is 11.8 Å². The average Bonchev–Trinajstić information content (AvgIpc) is 2.47. The number of nitro groups is 1. The van der Waals surface area contributed by atoms with Gasteiger partial charge >= 0.3 is 6.01 Å². The molecule has 0 aliphatic carbocycles. The Morgan fingerprint density at radius 3 is 2.75 bits per heavy atom. The van der Waals surface area contributed by atoms with E-state index >= 15 is 0 Å². The van der Waals surface area contributed by atoms with Gasteiger partial charge in [0.1, 0.15) is 5.75 Å². The number of hydrogen-bond acceptors (Lipinski definition) is 6. The molecule has 0 unspecified atom stereocenters. The Kier molecular flexibility index (Phi) is 4.56. The molecule has 1 N–H and O–H groups in total. The number of ether oxygens (including phenoxy) is 1. The van der Waals surface area contributed by atoms with Crippen molar-refractivity contribution in [1.29, 1.82) is 0 Å². The summed E-state index contributed by atoms with van der Waals surface area (Å²) < 4.78 is 5.38. The predicted octanol–water partition coefficient (Wildman–Crippen LogP) is 2.29. The molecular formula is C13H14N4O3. The second-order valence-electron chi connectivity index (χ2n) is 4.01. The molecule has 1 aromatic carbocycles. The number of benzene rings is 1. The van der Waals surface area contributed by atoms with Gasteiger partial charge in [0.25, 0.3) is 5.69 Å². The topological polar surface area (TPSA) is 90.2 Å². The fourth-order valence-electron chi connectivity index (χ4n) is 1.52. The molecule has 1 aromatic heterocycles. The Bertz CT molecular complexity index is 586. The van der Waals surface area contributed by atoms with Gasteiger partial charge < -0.3 is 10.1 Å². The molecule has 2 rings (SSSR count). The largest absolute Gasteiger partial charge is 0.424 e. The maximum absolute atomic E-state index is 10.7. The molecule has 0 aliphatic rings. The van der Waals surface area contributed by atoms with Crippen molar-refractivity contribution in [3.63, 3.8) is 0 Å². The van der Waals surface area contributed by atoms with Gasteiger partial charge in [-0.1, -0.05) is 13.0 Å². The van der Waals surface area contributed by atoms with Crippen molar-refractivity contribution >= 4 is 5.69 Å². The number of aromatic nitrogens is 2. The molecule has 1 heterocycles. The van der Waals surface area contributed by atoms with Crippen LogP contribution in [0.25, 0.3) is 0 Å². The summed E-state index contributed by atoms with van der Waals surface area (Å²) in [6.45, 7) is 3.57. The van der Waals surface area contributed by atoms with Gasteiger partial charge in [-0.15, -0.1) is 0 Å². The second-order valence-corrected chi connectivity index (χ2v) is 4.01. The minimum atomic E-state index is -0.479. The summed E-state index contributed by atoms with van der Waals surface area (Å²) in [6.07, 6.45) is 3.31. The quantitative estimate of drug-likeness (QED) is 0.642. The van der Waals surface area contributed by atoms with Crippen molar-refractivity contribution in [3.05, 3.63) is 52.3 Å². The number of nitrogens with zero attached hydrogens (tertiary/aromatic N) is 3. The molecule has 0 saturated carbocycles. The van der Waals surface area contributed by atoms with E-state index in [4.69, 9.17) is 4.74 Å². The molecular weight excluding hydrogens is 260 g/mol. The molecule has 7 heteroatoms. The van der Waals surface area contributed by atoms with Gasteiger partial charge in [0.15, 0.2) is 0 Å². The van der Waals surface area contributed by atoms with E-state index in [0.717, 1.165) is 12.1 Å². The van der Waals surface area contributed by atoms with Gasteiger partial charge in [-0.3, -0.25) is 10.1 Å². The van der Waals surface area contributed by atoms with Crippen molar-refractivity contribution in [3.8, 4) is 11.8 Å². The minimum absolute atomic E-state index is 0.0359. The van der Waals surface area contributed by atoms with Crippen LogP contribution >= 0.6 is 0 Å². The summed E-state index contributed by atoms with van der Waals surface area (Å²) in [5.41, 5.74) is 0.907. The number of nitro benzene ring substituents is 1. The van der Waals surface area contributed by atoms with E-state index in [9.17, 15) is 10.1 Å². The highest BCUT2D eigenvalue weighted by atomic mass is 16.6. The lowest BCUT2D eigenvalue weighted by Gasteiger charge is -2.05. The zero-order chi connectivity index (χ0) is 14.4. The normalized spacial score (nSPS) is 10.2. The van der Waals surface area contributed by atoms with E-state index in [1.165, 1.54) is 12.1 Å². The van der Waals surface area contributed by atoms with Crippen molar-refractivity contribution in [2.24, 2.45) is 0 Å². The monoisotopic (exact) mass is 274 g/mol. The third-order valence-corrected chi connectivity index (χ3v) is 2.50. The Morgan fingerprint density at radius 2 is 2.10 bits per heavy atom. The lowest BCUT2D eigenvalue weighted by atomic mass is 10.3. The number of rotatable bonds is 6. The first kappa shape index (κ1) is 13.9. The van der Waals surface area contributed by atoms with Crippen LogP contribution in [0, 0.1) is 10.1 Å². The van der Waals surface area contributed by atoms with Crippen molar-refractivity contribution in [2.45, 2.75) is 13.5 Å². The standard InChI is InChI=1S/C13H14N4O3/c1-2-14-7-10-8-15-13(16-9-10)20-12-5-3-4-11(6-12)17(18)19/h3-6,8-9,14H,2,7H2,1H3. The summed E-state index contributed by atoms with van der Waals surface area (Å²) in [5, 5.41) is 13.8. The lowest BCUT2D eigenvalue weighted by Crippen LogP contribution is -2.12. The van der Waals surface area contributed by atoms with Gasteiger partial charge in [0.2, 0.25) is 0 Å². The molecule has 0 atom stereocenters. The summed E-state index contributed by atoms with van der Waals surface area (Å²) in [4.78, 5) is 18.3. The number of hydrogen-bond donors (Lipinski definition) is 1. The molecule has 0 amide bonds. The fourth-order valence-corrected chi connectivity index (χ4v) is 1.52. The highest BCUT2D eigenvalue weighted by Gasteiger charge is 2.08. The van der Waals surface area contributed by atoms with Crippen LogP contribution in [-0.2, 0) is 6.54 Å². The van der Waals surface area contributed by atoms with E-state index < -0.39 is 4.92 Å². The Morgan fingerprint density at radius 1 is 1.35 bits per heavy atom. The highest BCUT2D eigenvalue weighted by molar-refractivity contribution is 5.38. The Balaban J connectivity index is 2.06. The molecule has 0 spiro atoms. The minimum Gasteiger partial charge on any atom is -0.424 e. The predicted molar refractivity (Wildman–Crippen MR) is 72.6 cm³/mol. The van der Waals surface area contributed by atoms with Gasteiger partial charge in [-0.05, 0) is 12.6 Å². The molecule has 0 fully saturated rings. The van der Waals surface area contributed by atoms with Crippen LogP contribution in [-0.4, -0.2) is 21.4 Å². The summed E-state index contributed by atoms with van der Waals surface area (Å²) in [5.74, 6) is 0.332. The Hall–Kier alpha value is -2.54. The molecule has 20 heavy (non-hydrogen) atoms. The Labute approximate surface area is 115 Å². The van der Waals surface area contributed by atoms with Crippen LogP contribution in [0.15, 0.2) is 36.7 Å². The number of non-ortho nitro benzene ring substituents is 1. The van der Waals surface area contributed by atoms with E-state index in [2.05, 4.69) is 15.3 Å². The molecule has 2 aromatic rings. The van der Waals surface area contributed by atoms with E-state index in [1.807, 2.05) is 6.92 Å². The molecule has 104 valence electrons. The van der Waals surface area contributed by atoms with Crippen LogP contribution in [0.3, 0.4) is 0 Å². The highest BCUT2D eigenvalue weighted by Crippen LogP contribution is 2.22. The van der Waals surface area contributed by atoms with Crippen LogP contribution in [0.1, 0.15) is 12.5 Å². The van der Waals surface area contributed by atoms with Crippen molar-refractivity contribution in [2.75, 3.05) is 6.54 Å². The average molecular weight is 274 g/mol. The van der Waals surface area contributed by atoms with E-state index in [1.54, 1.807) is 24.5 Å². The first-order valence-electron chi connectivity index (χ1n) is 6.13.